The van der Waals surface area contributed by atoms with Gasteiger partial charge in [0, 0.05) is 6.54 Å². The Balaban J connectivity index is 1.95. The Morgan fingerprint density at radius 2 is 2.38 bits per heavy atom. The smallest absolute Gasteiger partial charge is 0.449 e. The molecule has 0 bridgehead atoms. The Hall–Kier alpha value is -2.35. The number of carboxylic acid groups (broad SMARTS) is 1. The maximum Gasteiger partial charge on any atom is 0.512 e. The molecule has 2 aromatic rings. The molecule has 2 aliphatic rings. The largest absolute Gasteiger partial charge is 0.512 e. The minimum atomic E-state index is -1.40. The van der Waals surface area contributed by atoms with Gasteiger partial charge in [-0.25, -0.2) is 9.78 Å². The van der Waals surface area contributed by atoms with Gasteiger partial charge in [-0.1, -0.05) is 0 Å². The molecule has 1 atom stereocenters. The maximum absolute atomic E-state index is 12.6. The minimum Gasteiger partial charge on any atom is -0.449 e. The fourth-order valence-electron chi connectivity index (χ4n) is 3.07. The van der Waals surface area contributed by atoms with Gasteiger partial charge in [-0.3, -0.25) is 9.36 Å². The summed E-state index contributed by atoms with van der Waals surface area (Å²) in [6.07, 6.45) is 1.79. The lowest BCUT2D eigenvalue weighted by atomic mass is 10.1. The molecule has 2 aromatic heterocycles. The molecule has 21 heavy (non-hydrogen) atoms. The van der Waals surface area contributed by atoms with Gasteiger partial charge in [0.1, 0.15) is 16.9 Å². The number of thiophene rings is 1. The van der Waals surface area contributed by atoms with E-state index in [-0.39, 0.29) is 17.8 Å². The Kier molecular flexibility index (Phi) is 2.55. The SMILES string of the molecule is O=C(O)Oc1ncn2c1[C@@H]1CCCN1C(=O)c1sccc1-2. The van der Waals surface area contributed by atoms with Crippen molar-refractivity contribution < 1.29 is 19.4 Å². The molecule has 7 nitrogen and oxygen atoms in total. The number of amides is 1. The van der Waals surface area contributed by atoms with Gasteiger partial charge in [-0.05, 0) is 24.3 Å². The van der Waals surface area contributed by atoms with E-state index in [2.05, 4.69) is 4.98 Å². The van der Waals surface area contributed by atoms with Crippen LogP contribution in [-0.2, 0) is 0 Å². The van der Waals surface area contributed by atoms with Gasteiger partial charge in [0.05, 0.1) is 11.7 Å². The van der Waals surface area contributed by atoms with E-state index in [1.807, 2.05) is 11.4 Å². The Labute approximate surface area is 123 Å². The van der Waals surface area contributed by atoms with Crippen molar-refractivity contribution in [1.29, 1.82) is 0 Å². The lowest BCUT2D eigenvalue weighted by Crippen LogP contribution is -2.29. The number of rotatable bonds is 1. The molecule has 4 rings (SSSR count). The second-order valence-electron chi connectivity index (χ2n) is 4.96. The fraction of sp³-hybridized carbons (Fsp3) is 0.308. The van der Waals surface area contributed by atoms with Crippen LogP contribution in [0.3, 0.4) is 0 Å². The summed E-state index contributed by atoms with van der Waals surface area (Å²) in [7, 11) is 0. The van der Waals surface area contributed by atoms with Crippen molar-refractivity contribution in [1.82, 2.24) is 14.5 Å². The maximum atomic E-state index is 12.6. The van der Waals surface area contributed by atoms with Crippen LogP contribution in [0.15, 0.2) is 17.8 Å². The number of hydrogen-bond acceptors (Lipinski definition) is 5. The molecule has 0 unspecified atom stereocenters. The van der Waals surface area contributed by atoms with Crippen molar-refractivity contribution in [2.75, 3.05) is 6.54 Å². The van der Waals surface area contributed by atoms with E-state index in [1.165, 1.54) is 17.7 Å². The third-order valence-corrected chi connectivity index (χ3v) is 4.77. The first-order valence-corrected chi connectivity index (χ1v) is 7.41. The van der Waals surface area contributed by atoms with Gasteiger partial charge in [-0.15, -0.1) is 11.3 Å². The normalized spacial score (nSPS) is 19.7. The lowest BCUT2D eigenvalue weighted by molar-refractivity contribution is 0.0741. The van der Waals surface area contributed by atoms with Crippen LogP contribution >= 0.6 is 11.3 Å². The molecule has 1 N–H and O–H groups in total. The number of carbonyl (C=O) groups is 2. The highest BCUT2D eigenvalue weighted by Gasteiger charge is 2.40. The summed E-state index contributed by atoms with van der Waals surface area (Å²) >= 11 is 1.39. The monoisotopic (exact) mass is 305 g/mol. The number of nitrogens with zero attached hydrogens (tertiary/aromatic N) is 3. The van der Waals surface area contributed by atoms with E-state index in [4.69, 9.17) is 9.84 Å². The average molecular weight is 305 g/mol. The first-order chi connectivity index (χ1) is 10.2. The van der Waals surface area contributed by atoms with E-state index in [0.29, 0.717) is 17.1 Å². The topological polar surface area (TPSA) is 84.7 Å². The van der Waals surface area contributed by atoms with E-state index >= 15 is 0 Å². The summed E-state index contributed by atoms with van der Waals surface area (Å²) in [5.74, 6) is 0.0544. The molecule has 0 spiro atoms. The number of imidazole rings is 1. The summed E-state index contributed by atoms with van der Waals surface area (Å²) < 4.78 is 6.57. The molecule has 0 saturated carbocycles. The predicted molar refractivity (Wildman–Crippen MR) is 73.1 cm³/mol. The molecule has 4 heterocycles. The van der Waals surface area contributed by atoms with Crippen molar-refractivity contribution in [2.45, 2.75) is 18.9 Å². The molecule has 0 radical (unpaired) electrons. The van der Waals surface area contributed by atoms with Crippen molar-refractivity contribution in [3.63, 3.8) is 0 Å². The second kappa shape index (κ2) is 4.32. The summed E-state index contributed by atoms with van der Waals surface area (Å²) in [6.45, 7) is 0.665. The van der Waals surface area contributed by atoms with Crippen molar-refractivity contribution >= 4 is 23.4 Å². The first-order valence-electron chi connectivity index (χ1n) is 6.53. The summed E-state index contributed by atoms with van der Waals surface area (Å²) in [4.78, 5) is 30.0. The third-order valence-electron chi connectivity index (χ3n) is 3.88. The van der Waals surface area contributed by atoms with Crippen LogP contribution in [0.4, 0.5) is 4.79 Å². The lowest BCUT2D eigenvalue weighted by Gasteiger charge is -2.22. The van der Waals surface area contributed by atoms with Crippen molar-refractivity contribution in [2.24, 2.45) is 0 Å². The fourth-order valence-corrected chi connectivity index (χ4v) is 3.91. The second-order valence-corrected chi connectivity index (χ2v) is 5.88. The minimum absolute atomic E-state index is 0.00697. The van der Waals surface area contributed by atoms with Gasteiger partial charge >= 0.3 is 6.16 Å². The number of hydrogen-bond donors (Lipinski definition) is 1. The van der Waals surface area contributed by atoms with E-state index in [1.54, 1.807) is 9.47 Å². The number of ether oxygens (including phenoxy) is 1. The average Bonchev–Trinajstić information content (AvgIpc) is 3.13. The molecular formula is C13H11N3O4S. The molecule has 1 amide bonds. The zero-order valence-electron chi connectivity index (χ0n) is 10.9. The summed E-state index contributed by atoms with van der Waals surface area (Å²) in [6, 6.07) is 1.66. The highest BCUT2D eigenvalue weighted by atomic mass is 32.1. The molecule has 8 heteroatoms. The Morgan fingerprint density at radius 1 is 1.52 bits per heavy atom. The molecule has 1 fully saturated rings. The van der Waals surface area contributed by atoms with Crippen LogP contribution in [0.2, 0.25) is 0 Å². The van der Waals surface area contributed by atoms with Crippen LogP contribution in [0, 0.1) is 0 Å². The van der Waals surface area contributed by atoms with E-state index in [9.17, 15) is 9.59 Å². The highest BCUT2D eigenvalue weighted by molar-refractivity contribution is 7.12. The van der Waals surface area contributed by atoms with Crippen LogP contribution in [0.1, 0.15) is 34.2 Å². The van der Waals surface area contributed by atoms with E-state index in [0.717, 1.165) is 18.5 Å². The Bertz CT molecular complexity index is 750. The Morgan fingerprint density at radius 3 is 3.19 bits per heavy atom. The molecule has 1 saturated heterocycles. The van der Waals surface area contributed by atoms with Gasteiger partial charge in [0.15, 0.2) is 0 Å². The van der Waals surface area contributed by atoms with Crippen LogP contribution in [-0.4, -0.2) is 38.2 Å². The zero-order valence-corrected chi connectivity index (χ0v) is 11.7. The van der Waals surface area contributed by atoms with Crippen LogP contribution in [0.5, 0.6) is 5.88 Å². The molecule has 2 aliphatic heterocycles. The molecule has 0 aromatic carbocycles. The number of carbonyl (C=O) groups excluding carboxylic acids is 1. The zero-order chi connectivity index (χ0) is 14.6. The third kappa shape index (κ3) is 1.69. The van der Waals surface area contributed by atoms with Crippen molar-refractivity contribution in [3.8, 4) is 11.6 Å². The number of aromatic nitrogens is 2. The molecule has 108 valence electrons. The van der Waals surface area contributed by atoms with Gasteiger partial charge in [0.2, 0.25) is 5.88 Å². The summed E-state index contributed by atoms with van der Waals surface area (Å²) in [5.41, 5.74) is 1.38. The first kappa shape index (κ1) is 12.4. The van der Waals surface area contributed by atoms with Gasteiger partial charge < -0.3 is 14.7 Å². The quantitative estimate of drug-likeness (QED) is 0.817. The molecular weight excluding hydrogens is 294 g/mol. The predicted octanol–water partition coefficient (Wildman–Crippen LogP) is 2.28. The highest BCUT2D eigenvalue weighted by Crippen LogP contribution is 2.43. The summed E-state index contributed by atoms with van der Waals surface area (Å²) in [5, 5.41) is 10.7. The van der Waals surface area contributed by atoms with Gasteiger partial charge in [-0.2, -0.15) is 0 Å². The van der Waals surface area contributed by atoms with Gasteiger partial charge in [0.25, 0.3) is 5.91 Å². The number of fused-ring (bicyclic) bond motifs is 5. The van der Waals surface area contributed by atoms with E-state index < -0.39 is 6.16 Å². The molecule has 0 aliphatic carbocycles. The van der Waals surface area contributed by atoms with Crippen LogP contribution < -0.4 is 4.74 Å². The van der Waals surface area contributed by atoms with Crippen LogP contribution in [0.25, 0.3) is 5.69 Å². The standard InChI is InChI=1S/C13H11N3O4S/c17-12-10-8(3-5-21-10)16-6-14-11(20-13(18)19)9(16)7-2-1-4-15(7)12/h3,5-7H,1-2,4H2,(H,18,19)/t7-/m0/s1. The van der Waals surface area contributed by atoms with Crippen molar-refractivity contribution in [3.05, 3.63) is 28.3 Å².